The monoisotopic (exact) mass is 233 g/mol. The van der Waals surface area contributed by atoms with Crippen LogP contribution in [0.5, 0.6) is 0 Å². The van der Waals surface area contributed by atoms with Crippen LogP contribution in [-0.4, -0.2) is 29.0 Å². The van der Waals surface area contributed by atoms with Gasteiger partial charge in [0.2, 0.25) is 0 Å². The number of pyridine rings is 1. The molecule has 1 aliphatic heterocycles. The lowest BCUT2D eigenvalue weighted by atomic mass is 10.1. The Hall–Kier alpha value is -1.58. The molecule has 0 saturated carbocycles. The lowest BCUT2D eigenvalue weighted by molar-refractivity contribution is 0.216. The van der Waals surface area contributed by atoms with Crippen molar-refractivity contribution >= 4 is 6.03 Å². The Morgan fingerprint density at radius 1 is 1.41 bits per heavy atom. The topological polar surface area (TPSA) is 45.2 Å². The van der Waals surface area contributed by atoms with Crippen molar-refractivity contribution in [2.45, 2.75) is 32.2 Å². The van der Waals surface area contributed by atoms with E-state index in [0.29, 0.717) is 0 Å². The van der Waals surface area contributed by atoms with Crippen molar-refractivity contribution in [1.82, 2.24) is 15.2 Å². The standard InChI is InChI=1S/C13H19N3O/c1-2-3-4-9-16-10-12(15-13(16)17)11-5-7-14-8-6-11/h5-8,12H,2-4,9-10H2,1H3,(H,15,17). The van der Waals surface area contributed by atoms with Gasteiger partial charge in [-0.2, -0.15) is 0 Å². The predicted octanol–water partition coefficient (Wildman–Crippen LogP) is 2.34. The molecular weight excluding hydrogens is 214 g/mol. The molecule has 1 N–H and O–H groups in total. The molecule has 17 heavy (non-hydrogen) atoms. The van der Waals surface area contributed by atoms with Gasteiger partial charge in [0.1, 0.15) is 0 Å². The van der Waals surface area contributed by atoms with Gasteiger partial charge in [0.15, 0.2) is 0 Å². The van der Waals surface area contributed by atoms with Gasteiger partial charge in [-0.3, -0.25) is 4.98 Å². The summed E-state index contributed by atoms with van der Waals surface area (Å²) in [4.78, 5) is 17.6. The summed E-state index contributed by atoms with van der Waals surface area (Å²) in [6.07, 6.45) is 6.99. The van der Waals surface area contributed by atoms with Gasteiger partial charge in [0.25, 0.3) is 0 Å². The average molecular weight is 233 g/mol. The van der Waals surface area contributed by atoms with E-state index < -0.39 is 0 Å². The zero-order valence-electron chi connectivity index (χ0n) is 10.2. The molecule has 1 saturated heterocycles. The first-order valence-corrected chi connectivity index (χ1v) is 6.26. The van der Waals surface area contributed by atoms with Crippen LogP contribution in [0.1, 0.15) is 37.8 Å². The van der Waals surface area contributed by atoms with E-state index in [1.165, 1.54) is 12.8 Å². The molecule has 1 aromatic heterocycles. The normalized spacial score (nSPS) is 19.5. The highest BCUT2D eigenvalue weighted by atomic mass is 16.2. The van der Waals surface area contributed by atoms with Crippen LogP contribution in [0.3, 0.4) is 0 Å². The maximum absolute atomic E-state index is 11.8. The van der Waals surface area contributed by atoms with Crippen LogP contribution in [0.15, 0.2) is 24.5 Å². The second kappa shape index (κ2) is 5.66. The Bertz CT molecular complexity index is 366. The first kappa shape index (κ1) is 11.9. The second-order valence-corrected chi connectivity index (χ2v) is 4.44. The molecule has 4 nitrogen and oxygen atoms in total. The van der Waals surface area contributed by atoms with Crippen molar-refractivity contribution in [2.24, 2.45) is 0 Å². The van der Waals surface area contributed by atoms with Gasteiger partial charge in [-0.25, -0.2) is 4.79 Å². The first-order chi connectivity index (χ1) is 8.31. The number of nitrogens with one attached hydrogen (secondary N) is 1. The highest BCUT2D eigenvalue weighted by Crippen LogP contribution is 2.19. The maximum atomic E-state index is 11.8. The molecule has 0 spiro atoms. The van der Waals surface area contributed by atoms with Crippen molar-refractivity contribution in [3.8, 4) is 0 Å². The summed E-state index contributed by atoms with van der Waals surface area (Å²) in [5.41, 5.74) is 1.13. The molecule has 0 bridgehead atoms. The molecule has 92 valence electrons. The fourth-order valence-electron chi connectivity index (χ4n) is 2.12. The molecule has 1 unspecified atom stereocenters. The molecule has 1 fully saturated rings. The third-order valence-corrected chi connectivity index (χ3v) is 3.13. The molecule has 1 aromatic rings. The Balaban J connectivity index is 1.91. The second-order valence-electron chi connectivity index (χ2n) is 4.44. The van der Waals surface area contributed by atoms with E-state index in [1.807, 2.05) is 17.0 Å². The molecule has 0 aromatic carbocycles. The van der Waals surface area contributed by atoms with Gasteiger partial charge in [0.05, 0.1) is 6.04 Å². The Labute approximate surface area is 102 Å². The number of carbonyl (C=O) groups is 1. The minimum atomic E-state index is 0.0583. The van der Waals surface area contributed by atoms with Crippen molar-refractivity contribution in [3.05, 3.63) is 30.1 Å². The van der Waals surface area contributed by atoms with E-state index in [4.69, 9.17) is 0 Å². The SMILES string of the molecule is CCCCCN1CC(c2ccncc2)NC1=O. The summed E-state index contributed by atoms with van der Waals surface area (Å²) in [7, 11) is 0. The lowest BCUT2D eigenvalue weighted by Crippen LogP contribution is -2.28. The van der Waals surface area contributed by atoms with E-state index in [9.17, 15) is 4.79 Å². The van der Waals surface area contributed by atoms with E-state index in [0.717, 1.165) is 25.1 Å². The lowest BCUT2D eigenvalue weighted by Gasteiger charge is -2.14. The number of hydrogen-bond donors (Lipinski definition) is 1. The number of aromatic nitrogens is 1. The molecule has 1 aliphatic rings. The van der Waals surface area contributed by atoms with Crippen LogP contribution >= 0.6 is 0 Å². The van der Waals surface area contributed by atoms with Crippen LogP contribution in [-0.2, 0) is 0 Å². The smallest absolute Gasteiger partial charge is 0.318 e. The summed E-state index contributed by atoms with van der Waals surface area (Å²) >= 11 is 0. The third-order valence-electron chi connectivity index (χ3n) is 3.13. The Kier molecular flexibility index (Phi) is 3.96. The number of carbonyl (C=O) groups excluding carboxylic acids is 1. The van der Waals surface area contributed by atoms with Gasteiger partial charge >= 0.3 is 6.03 Å². The largest absolute Gasteiger partial charge is 0.329 e. The third kappa shape index (κ3) is 2.96. The van der Waals surface area contributed by atoms with Gasteiger partial charge in [-0.1, -0.05) is 19.8 Å². The summed E-state index contributed by atoms with van der Waals surface area (Å²) in [6, 6.07) is 4.09. The van der Waals surface area contributed by atoms with Crippen molar-refractivity contribution in [3.63, 3.8) is 0 Å². The maximum Gasteiger partial charge on any atom is 0.318 e. The molecule has 0 aliphatic carbocycles. The van der Waals surface area contributed by atoms with Crippen molar-refractivity contribution < 1.29 is 4.79 Å². The van der Waals surface area contributed by atoms with E-state index in [1.54, 1.807) is 12.4 Å². The van der Waals surface area contributed by atoms with E-state index in [2.05, 4.69) is 17.2 Å². The Morgan fingerprint density at radius 2 is 2.18 bits per heavy atom. The highest BCUT2D eigenvalue weighted by Gasteiger charge is 2.28. The number of urea groups is 1. The number of unbranched alkanes of at least 4 members (excludes halogenated alkanes) is 2. The zero-order valence-corrected chi connectivity index (χ0v) is 10.2. The van der Waals surface area contributed by atoms with Crippen LogP contribution in [0.4, 0.5) is 4.79 Å². The number of amides is 2. The van der Waals surface area contributed by atoms with Crippen LogP contribution in [0.2, 0.25) is 0 Å². The van der Waals surface area contributed by atoms with Gasteiger partial charge in [0, 0.05) is 25.5 Å². The average Bonchev–Trinajstić information content (AvgIpc) is 2.73. The molecule has 2 amide bonds. The number of hydrogen-bond acceptors (Lipinski definition) is 2. The fraction of sp³-hybridized carbons (Fsp3) is 0.538. The molecule has 0 radical (unpaired) electrons. The van der Waals surface area contributed by atoms with Crippen LogP contribution in [0, 0.1) is 0 Å². The first-order valence-electron chi connectivity index (χ1n) is 6.26. The van der Waals surface area contributed by atoms with Crippen LogP contribution in [0.25, 0.3) is 0 Å². The van der Waals surface area contributed by atoms with Gasteiger partial charge < -0.3 is 10.2 Å². The summed E-state index contributed by atoms with van der Waals surface area (Å²) in [6.45, 7) is 3.80. The van der Waals surface area contributed by atoms with E-state index in [-0.39, 0.29) is 12.1 Å². The highest BCUT2D eigenvalue weighted by molar-refractivity contribution is 5.77. The van der Waals surface area contributed by atoms with Crippen molar-refractivity contribution in [1.29, 1.82) is 0 Å². The Morgan fingerprint density at radius 3 is 2.88 bits per heavy atom. The quantitative estimate of drug-likeness (QED) is 0.793. The van der Waals surface area contributed by atoms with Gasteiger partial charge in [-0.15, -0.1) is 0 Å². The molecule has 4 heteroatoms. The zero-order chi connectivity index (χ0) is 12.1. The van der Waals surface area contributed by atoms with Gasteiger partial charge in [-0.05, 0) is 24.1 Å². The molecular formula is C13H19N3O. The summed E-state index contributed by atoms with van der Waals surface area (Å²) in [5.74, 6) is 0. The number of nitrogens with zero attached hydrogens (tertiary/aromatic N) is 2. The van der Waals surface area contributed by atoms with Crippen molar-refractivity contribution in [2.75, 3.05) is 13.1 Å². The minimum absolute atomic E-state index is 0.0583. The summed E-state index contributed by atoms with van der Waals surface area (Å²) in [5, 5.41) is 3.01. The van der Waals surface area contributed by atoms with Crippen LogP contribution < -0.4 is 5.32 Å². The number of rotatable bonds is 5. The fourth-order valence-corrected chi connectivity index (χ4v) is 2.12. The predicted molar refractivity (Wildman–Crippen MR) is 66.6 cm³/mol. The van der Waals surface area contributed by atoms with E-state index >= 15 is 0 Å². The molecule has 2 rings (SSSR count). The molecule has 2 heterocycles. The minimum Gasteiger partial charge on any atom is -0.329 e. The summed E-state index contributed by atoms with van der Waals surface area (Å²) < 4.78 is 0. The molecule has 1 atom stereocenters.